The van der Waals surface area contributed by atoms with Gasteiger partial charge in [-0.1, -0.05) is 0 Å². The van der Waals surface area contributed by atoms with Crippen LogP contribution in [0.15, 0.2) is 29.0 Å². The van der Waals surface area contributed by atoms with Crippen LogP contribution in [0.5, 0.6) is 0 Å². The van der Waals surface area contributed by atoms with E-state index in [0.717, 1.165) is 9.04 Å². The molecule has 0 aliphatic carbocycles. The summed E-state index contributed by atoms with van der Waals surface area (Å²) in [4.78, 5) is 3.94. The van der Waals surface area contributed by atoms with E-state index in [1.807, 2.05) is 0 Å². The maximum Gasteiger partial charge on any atom is 0.406 e. The first-order valence-electron chi connectivity index (χ1n) is 4.13. The van der Waals surface area contributed by atoms with Crippen LogP contribution in [0, 0.1) is 0 Å². The summed E-state index contributed by atoms with van der Waals surface area (Å²) in [5, 5.41) is 0.689. The van der Waals surface area contributed by atoms with Crippen LogP contribution in [0.1, 0.15) is 0 Å². The molecule has 2 heterocycles. The van der Waals surface area contributed by atoms with Crippen molar-refractivity contribution < 1.29 is 13.2 Å². The number of pyridine rings is 1. The fourth-order valence-electron chi connectivity index (χ4n) is 1.37. The average Bonchev–Trinajstić information content (AvgIpc) is 2.45. The molecule has 0 bridgehead atoms. The smallest absolute Gasteiger partial charge is 0.323 e. The van der Waals surface area contributed by atoms with Gasteiger partial charge >= 0.3 is 6.18 Å². The Labute approximate surface area is 91.8 Å². The van der Waals surface area contributed by atoms with Gasteiger partial charge in [0.2, 0.25) is 0 Å². The van der Waals surface area contributed by atoms with Crippen molar-refractivity contribution in [1.82, 2.24) is 9.55 Å². The van der Waals surface area contributed by atoms with Crippen LogP contribution in [-0.4, -0.2) is 15.7 Å². The number of hydrogen-bond donors (Lipinski definition) is 0. The highest BCUT2D eigenvalue weighted by Gasteiger charge is 2.28. The summed E-state index contributed by atoms with van der Waals surface area (Å²) in [6.45, 7) is -1.01. The highest BCUT2D eigenvalue weighted by Crippen LogP contribution is 2.23. The van der Waals surface area contributed by atoms with Crippen LogP contribution in [0.25, 0.3) is 11.0 Å². The summed E-state index contributed by atoms with van der Waals surface area (Å²) in [6, 6.07) is 3.34. The second-order valence-electron chi connectivity index (χ2n) is 3.13. The molecule has 0 aliphatic rings. The summed E-state index contributed by atoms with van der Waals surface area (Å²) in [5.41, 5.74) is 0.343. The molecule has 0 saturated carbocycles. The van der Waals surface area contributed by atoms with E-state index in [9.17, 15) is 13.2 Å². The van der Waals surface area contributed by atoms with Crippen LogP contribution in [0.2, 0.25) is 0 Å². The van der Waals surface area contributed by atoms with Crippen LogP contribution in [0.3, 0.4) is 0 Å². The monoisotopic (exact) mass is 278 g/mol. The molecule has 15 heavy (non-hydrogen) atoms. The van der Waals surface area contributed by atoms with E-state index in [1.54, 1.807) is 12.1 Å². The Hall–Kier alpha value is -1.04. The number of rotatable bonds is 1. The number of nitrogens with zero attached hydrogens (tertiary/aromatic N) is 2. The van der Waals surface area contributed by atoms with Crippen molar-refractivity contribution in [3.8, 4) is 0 Å². The molecule has 2 rings (SSSR count). The maximum absolute atomic E-state index is 12.2. The van der Waals surface area contributed by atoms with E-state index < -0.39 is 12.7 Å². The van der Waals surface area contributed by atoms with E-state index in [4.69, 9.17) is 0 Å². The second-order valence-corrected chi connectivity index (χ2v) is 4.04. The van der Waals surface area contributed by atoms with Crippen LogP contribution < -0.4 is 0 Å². The van der Waals surface area contributed by atoms with Gasteiger partial charge in [-0.3, -0.25) is 0 Å². The Morgan fingerprint density at radius 2 is 2.13 bits per heavy atom. The predicted molar refractivity (Wildman–Crippen MR) is 53.5 cm³/mol. The summed E-state index contributed by atoms with van der Waals surface area (Å²) >= 11 is 3.21. The number of hydrogen-bond acceptors (Lipinski definition) is 1. The molecule has 2 aromatic rings. The summed E-state index contributed by atoms with van der Waals surface area (Å²) in [5.74, 6) is 0. The van der Waals surface area contributed by atoms with Crippen LogP contribution in [0.4, 0.5) is 13.2 Å². The van der Waals surface area contributed by atoms with Crippen LogP contribution in [-0.2, 0) is 6.54 Å². The standard InChI is InChI=1S/C9H6BrF3N2/c10-7-3-6-1-2-15(5-9(11,12)13)8(6)14-4-7/h1-4H,5H2. The molecule has 0 fully saturated rings. The molecule has 0 amide bonds. The quantitative estimate of drug-likeness (QED) is 0.782. The Bertz CT molecular complexity index is 490. The van der Waals surface area contributed by atoms with Crippen molar-refractivity contribution in [1.29, 1.82) is 0 Å². The highest BCUT2D eigenvalue weighted by molar-refractivity contribution is 9.10. The van der Waals surface area contributed by atoms with Crippen molar-refractivity contribution in [3.63, 3.8) is 0 Å². The van der Waals surface area contributed by atoms with E-state index in [2.05, 4.69) is 20.9 Å². The molecule has 0 radical (unpaired) electrons. The molecular weight excluding hydrogens is 273 g/mol. The molecule has 2 aromatic heterocycles. The largest absolute Gasteiger partial charge is 0.406 e. The maximum atomic E-state index is 12.2. The van der Waals surface area contributed by atoms with Gasteiger partial charge in [0.25, 0.3) is 0 Å². The molecule has 0 N–H and O–H groups in total. The molecule has 0 spiro atoms. The minimum atomic E-state index is -4.22. The van der Waals surface area contributed by atoms with Crippen molar-refractivity contribution in [2.45, 2.75) is 12.7 Å². The van der Waals surface area contributed by atoms with Gasteiger partial charge < -0.3 is 4.57 Å². The van der Waals surface area contributed by atoms with Crippen molar-refractivity contribution in [3.05, 3.63) is 29.0 Å². The topological polar surface area (TPSA) is 17.8 Å². The van der Waals surface area contributed by atoms with E-state index in [1.165, 1.54) is 12.4 Å². The number of halogens is 4. The molecule has 80 valence electrons. The Kier molecular flexibility index (Phi) is 2.46. The predicted octanol–water partition coefficient (Wildman–Crippen LogP) is 3.36. The van der Waals surface area contributed by atoms with Gasteiger partial charge in [-0.05, 0) is 28.1 Å². The minimum absolute atomic E-state index is 0.343. The zero-order valence-corrected chi connectivity index (χ0v) is 9.01. The van der Waals surface area contributed by atoms with Gasteiger partial charge in [0.05, 0.1) is 0 Å². The zero-order valence-electron chi connectivity index (χ0n) is 7.42. The van der Waals surface area contributed by atoms with Crippen LogP contribution >= 0.6 is 15.9 Å². The van der Waals surface area contributed by atoms with E-state index in [0.29, 0.717) is 11.0 Å². The molecule has 0 aromatic carbocycles. The summed E-state index contributed by atoms with van der Waals surface area (Å²) < 4.78 is 38.3. The molecule has 2 nitrogen and oxygen atoms in total. The fourth-order valence-corrected chi connectivity index (χ4v) is 1.72. The number of fused-ring (bicyclic) bond motifs is 1. The lowest BCUT2D eigenvalue weighted by molar-refractivity contribution is -0.139. The first-order chi connectivity index (χ1) is 6.96. The van der Waals surface area contributed by atoms with Gasteiger partial charge in [0, 0.05) is 22.3 Å². The molecule has 0 aliphatic heterocycles. The van der Waals surface area contributed by atoms with Gasteiger partial charge in [0.15, 0.2) is 0 Å². The lowest BCUT2D eigenvalue weighted by Gasteiger charge is -2.07. The SMILES string of the molecule is FC(F)(F)Cn1ccc2cc(Br)cnc21. The molecular formula is C9H6BrF3N2. The summed E-state index contributed by atoms with van der Waals surface area (Å²) in [7, 11) is 0. The van der Waals surface area contributed by atoms with Gasteiger partial charge in [-0.25, -0.2) is 4.98 Å². The average molecular weight is 279 g/mol. The Morgan fingerprint density at radius 1 is 1.40 bits per heavy atom. The van der Waals surface area contributed by atoms with E-state index >= 15 is 0 Å². The van der Waals surface area contributed by atoms with Crippen molar-refractivity contribution in [2.24, 2.45) is 0 Å². The zero-order chi connectivity index (χ0) is 11.1. The molecule has 0 saturated heterocycles. The molecule has 6 heteroatoms. The first kappa shape index (κ1) is 10.5. The van der Waals surface area contributed by atoms with Gasteiger partial charge in [0.1, 0.15) is 12.2 Å². The Morgan fingerprint density at radius 3 is 2.80 bits per heavy atom. The lowest BCUT2D eigenvalue weighted by Crippen LogP contribution is -2.17. The van der Waals surface area contributed by atoms with E-state index in [-0.39, 0.29) is 0 Å². The van der Waals surface area contributed by atoms with Gasteiger partial charge in [-0.15, -0.1) is 0 Å². The third kappa shape index (κ3) is 2.31. The Balaban J connectivity index is 2.45. The summed E-state index contributed by atoms with van der Waals surface area (Å²) in [6.07, 6.45) is -1.35. The van der Waals surface area contributed by atoms with Crippen molar-refractivity contribution in [2.75, 3.05) is 0 Å². The third-order valence-corrected chi connectivity index (χ3v) is 2.35. The highest BCUT2D eigenvalue weighted by atomic mass is 79.9. The number of alkyl halides is 3. The third-order valence-electron chi connectivity index (χ3n) is 1.92. The normalized spacial score (nSPS) is 12.3. The lowest BCUT2D eigenvalue weighted by atomic mass is 10.3. The fraction of sp³-hybridized carbons (Fsp3) is 0.222. The first-order valence-corrected chi connectivity index (χ1v) is 4.92. The van der Waals surface area contributed by atoms with Crippen molar-refractivity contribution >= 4 is 27.0 Å². The molecule has 0 unspecified atom stereocenters. The minimum Gasteiger partial charge on any atom is -0.323 e. The number of aromatic nitrogens is 2. The second kappa shape index (κ2) is 3.52. The molecule has 0 atom stereocenters. The van der Waals surface area contributed by atoms with Gasteiger partial charge in [-0.2, -0.15) is 13.2 Å².